The van der Waals surface area contributed by atoms with E-state index in [-0.39, 0.29) is 34.4 Å². The van der Waals surface area contributed by atoms with E-state index in [4.69, 9.17) is 40.4 Å². The minimum atomic E-state index is -0.825. The number of allylic oxidation sites excluding steroid dienone is 3. The first kappa shape index (κ1) is 25.9. The van der Waals surface area contributed by atoms with Gasteiger partial charge in [-0.2, -0.15) is 0 Å². The third-order valence-corrected chi connectivity index (χ3v) is 5.98. The van der Waals surface area contributed by atoms with Gasteiger partial charge in [-0.1, -0.05) is 35.4 Å². The van der Waals surface area contributed by atoms with Crippen molar-refractivity contribution in [1.82, 2.24) is 0 Å². The van der Waals surface area contributed by atoms with Crippen molar-refractivity contribution >= 4 is 53.2 Å². The van der Waals surface area contributed by atoms with Gasteiger partial charge in [-0.3, -0.25) is 4.79 Å². The molecule has 1 atom stereocenters. The molecule has 10 heteroatoms. The molecule has 1 unspecified atom stereocenters. The molecule has 0 saturated carbocycles. The molecule has 0 aliphatic rings. The fraction of sp³-hybridized carbons (Fsp3) is 0.136. The highest BCUT2D eigenvalue weighted by atomic mass is 35.5. The van der Waals surface area contributed by atoms with Gasteiger partial charge in [0.25, 0.3) is 0 Å². The lowest BCUT2D eigenvalue weighted by molar-refractivity contribution is 0.112. The van der Waals surface area contributed by atoms with E-state index in [1.807, 2.05) is 0 Å². The van der Waals surface area contributed by atoms with Crippen molar-refractivity contribution in [1.29, 1.82) is 0 Å². The first-order valence-corrected chi connectivity index (χ1v) is 10.9. The van der Waals surface area contributed by atoms with Gasteiger partial charge in [0.05, 0.1) is 10.7 Å². The standard InChI is InChI=1S/C22H22Cl2F2N4OS/c1-12(29)14(10-28)6-13(9-27)2-3-17-18(25)4-5-19(22(17)26)30-32-20-8-16(23)7-15(11-31)21(20)24/h2-9,11-12,30H,10,27-29H2,1H3/b3-2?,13-9-,14-6-. The predicted octanol–water partition coefficient (Wildman–Crippen LogP) is 5.29. The maximum Gasteiger partial charge on any atom is 0.157 e. The number of anilines is 1. The number of halogens is 4. The molecule has 0 aliphatic heterocycles. The van der Waals surface area contributed by atoms with Crippen LogP contribution in [0.5, 0.6) is 0 Å². The Morgan fingerprint density at radius 2 is 2.00 bits per heavy atom. The fourth-order valence-corrected chi connectivity index (χ4v) is 3.91. The van der Waals surface area contributed by atoms with E-state index < -0.39 is 11.6 Å². The molecule has 0 heterocycles. The zero-order chi connectivity index (χ0) is 23.8. The molecule has 2 rings (SSSR count). The zero-order valence-electron chi connectivity index (χ0n) is 17.0. The van der Waals surface area contributed by atoms with Crippen LogP contribution in [0.2, 0.25) is 10.0 Å². The van der Waals surface area contributed by atoms with Crippen molar-refractivity contribution in [3.8, 4) is 0 Å². The molecule has 7 N–H and O–H groups in total. The molecule has 2 aromatic rings. The maximum absolute atomic E-state index is 15.0. The molecule has 170 valence electrons. The summed E-state index contributed by atoms with van der Waals surface area (Å²) in [7, 11) is 0. The van der Waals surface area contributed by atoms with Gasteiger partial charge in [0.1, 0.15) is 5.82 Å². The summed E-state index contributed by atoms with van der Waals surface area (Å²) in [6, 6.07) is 5.02. The number of nitrogens with two attached hydrogens (primary N) is 3. The minimum Gasteiger partial charge on any atom is -0.404 e. The van der Waals surface area contributed by atoms with Gasteiger partial charge in [0.2, 0.25) is 0 Å². The molecule has 5 nitrogen and oxygen atoms in total. The van der Waals surface area contributed by atoms with Gasteiger partial charge in [-0.25, -0.2) is 8.78 Å². The van der Waals surface area contributed by atoms with Crippen molar-refractivity contribution in [2.75, 3.05) is 11.3 Å². The van der Waals surface area contributed by atoms with Gasteiger partial charge < -0.3 is 21.9 Å². The first-order chi connectivity index (χ1) is 15.2. The quantitative estimate of drug-likeness (QED) is 0.212. The number of carbonyl (C=O) groups is 1. The minimum absolute atomic E-state index is 0.00629. The number of benzene rings is 2. The molecule has 0 radical (unpaired) electrons. The Morgan fingerprint density at radius 3 is 2.59 bits per heavy atom. The monoisotopic (exact) mass is 498 g/mol. The summed E-state index contributed by atoms with van der Waals surface area (Å²) in [5.41, 5.74) is 18.3. The van der Waals surface area contributed by atoms with E-state index in [1.54, 1.807) is 13.0 Å². The summed E-state index contributed by atoms with van der Waals surface area (Å²) in [5, 5.41) is 0.459. The third kappa shape index (κ3) is 6.57. The zero-order valence-corrected chi connectivity index (χ0v) is 19.4. The molecule has 0 spiro atoms. The number of aldehydes is 1. The number of rotatable bonds is 9. The Balaban J connectivity index is 2.31. The second-order valence-electron chi connectivity index (χ2n) is 6.66. The van der Waals surface area contributed by atoms with Gasteiger partial charge in [-0.05, 0) is 60.4 Å². The Labute approximate surface area is 199 Å². The Bertz CT molecular complexity index is 1090. The highest BCUT2D eigenvalue weighted by Crippen LogP contribution is 2.34. The Hall–Kier alpha value is -2.36. The van der Waals surface area contributed by atoms with Crippen molar-refractivity contribution in [2.24, 2.45) is 17.2 Å². The average molecular weight is 499 g/mol. The molecule has 2 aromatic carbocycles. The van der Waals surface area contributed by atoms with E-state index in [9.17, 15) is 13.6 Å². The van der Waals surface area contributed by atoms with Crippen molar-refractivity contribution in [3.63, 3.8) is 0 Å². The summed E-state index contributed by atoms with van der Waals surface area (Å²) in [5.74, 6) is -1.58. The van der Waals surface area contributed by atoms with E-state index >= 15 is 0 Å². The average Bonchev–Trinajstić information content (AvgIpc) is 2.76. The summed E-state index contributed by atoms with van der Waals surface area (Å²) in [4.78, 5) is 11.5. The number of carbonyl (C=O) groups excluding carboxylic acids is 1. The first-order valence-electron chi connectivity index (χ1n) is 9.33. The highest BCUT2D eigenvalue weighted by Gasteiger charge is 2.14. The molecule has 0 fully saturated rings. The van der Waals surface area contributed by atoms with E-state index in [0.29, 0.717) is 21.8 Å². The summed E-state index contributed by atoms with van der Waals surface area (Å²) in [6.07, 6.45) is 6.25. The smallest absolute Gasteiger partial charge is 0.157 e. The van der Waals surface area contributed by atoms with Crippen LogP contribution >= 0.6 is 35.1 Å². The Morgan fingerprint density at radius 1 is 1.28 bits per heavy atom. The summed E-state index contributed by atoms with van der Waals surface area (Å²) >= 11 is 13.1. The highest BCUT2D eigenvalue weighted by molar-refractivity contribution is 8.00. The van der Waals surface area contributed by atoms with E-state index in [1.165, 1.54) is 36.6 Å². The van der Waals surface area contributed by atoms with Crippen LogP contribution in [0.1, 0.15) is 22.8 Å². The molecule has 32 heavy (non-hydrogen) atoms. The van der Waals surface area contributed by atoms with Gasteiger partial charge in [0, 0.05) is 39.8 Å². The van der Waals surface area contributed by atoms with Crippen LogP contribution in [-0.2, 0) is 0 Å². The van der Waals surface area contributed by atoms with Crippen LogP contribution in [0.4, 0.5) is 14.5 Å². The molecule has 0 aromatic heterocycles. The van der Waals surface area contributed by atoms with Gasteiger partial charge in [-0.15, -0.1) is 0 Å². The molecular weight excluding hydrogens is 477 g/mol. The second kappa shape index (κ2) is 12.0. The number of nitrogens with one attached hydrogen (secondary N) is 1. The van der Waals surface area contributed by atoms with Gasteiger partial charge in [0.15, 0.2) is 12.1 Å². The Kier molecular flexibility index (Phi) is 9.74. The number of hydrogen-bond donors (Lipinski definition) is 4. The summed E-state index contributed by atoms with van der Waals surface area (Å²) < 4.78 is 32.1. The van der Waals surface area contributed by atoms with Crippen molar-refractivity contribution < 1.29 is 13.6 Å². The van der Waals surface area contributed by atoms with Gasteiger partial charge >= 0.3 is 0 Å². The van der Waals surface area contributed by atoms with Crippen molar-refractivity contribution in [3.05, 3.63) is 86.6 Å². The van der Waals surface area contributed by atoms with Crippen LogP contribution in [0.3, 0.4) is 0 Å². The number of hydrogen-bond acceptors (Lipinski definition) is 6. The predicted molar refractivity (Wildman–Crippen MR) is 130 cm³/mol. The SMILES string of the molecule is CC(N)/C(=C\C(C=Cc1c(F)ccc(NSc2cc(Cl)cc(C=O)c2Cl)c1F)=C/N)CN. The van der Waals surface area contributed by atoms with Crippen LogP contribution in [0.25, 0.3) is 6.08 Å². The summed E-state index contributed by atoms with van der Waals surface area (Å²) in [6.45, 7) is 1.99. The largest absolute Gasteiger partial charge is 0.404 e. The molecule has 0 saturated heterocycles. The topological polar surface area (TPSA) is 107 Å². The molecule has 0 bridgehead atoms. The third-order valence-electron chi connectivity index (χ3n) is 4.36. The van der Waals surface area contributed by atoms with E-state index in [0.717, 1.165) is 23.6 Å². The lowest BCUT2D eigenvalue weighted by atomic mass is 10.0. The molecule has 0 amide bonds. The second-order valence-corrected chi connectivity index (χ2v) is 8.33. The van der Waals surface area contributed by atoms with Crippen LogP contribution in [-0.4, -0.2) is 18.9 Å². The lowest BCUT2D eigenvalue weighted by Gasteiger charge is -2.11. The normalized spacial score (nSPS) is 13.5. The molecular formula is C22H22Cl2F2N4OS. The fourth-order valence-electron chi connectivity index (χ4n) is 2.58. The van der Waals surface area contributed by atoms with Crippen molar-refractivity contribution in [2.45, 2.75) is 17.9 Å². The van der Waals surface area contributed by atoms with E-state index in [2.05, 4.69) is 4.72 Å². The maximum atomic E-state index is 15.0. The molecule has 0 aliphatic carbocycles. The van der Waals surface area contributed by atoms with Crippen LogP contribution in [0, 0.1) is 11.6 Å². The van der Waals surface area contributed by atoms with Crippen LogP contribution < -0.4 is 21.9 Å². The van der Waals surface area contributed by atoms with Crippen LogP contribution in [0.15, 0.2) is 58.7 Å². The lowest BCUT2D eigenvalue weighted by Crippen LogP contribution is -2.23.